The molecule has 6 nitrogen and oxygen atoms in total. The number of hydrogen-bond acceptors (Lipinski definition) is 6. The third-order valence-corrected chi connectivity index (χ3v) is 1.71. The van der Waals surface area contributed by atoms with Crippen LogP contribution in [0.1, 0.15) is 17.8 Å². The molecule has 0 aliphatic heterocycles. The number of ether oxygens (including phenoxy) is 1. The van der Waals surface area contributed by atoms with E-state index in [2.05, 4.69) is 14.9 Å². The van der Waals surface area contributed by atoms with Gasteiger partial charge in [0.1, 0.15) is 12.6 Å². The summed E-state index contributed by atoms with van der Waals surface area (Å²) in [4.78, 5) is 3.87. The first-order valence-corrected chi connectivity index (χ1v) is 4.68. The van der Waals surface area contributed by atoms with E-state index in [1.165, 1.54) is 0 Å². The van der Waals surface area contributed by atoms with Crippen LogP contribution in [0.2, 0.25) is 0 Å². The van der Waals surface area contributed by atoms with Gasteiger partial charge in [0.15, 0.2) is 5.82 Å². The summed E-state index contributed by atoms with van der Waals surface area (Å²) in [6, 6.07) is -0.719. The lowest BCUT2D eigenvalue weighted by molar-refractivity contribution is 0.0182. The molecule has 0 spiro atoms. The van der Waals surface area contributed by atoms with Gasteiger partial charge in [-0.2, -0.15) is 4.98 Å². The average molecular weight is 237 g/mol. The molecule has 0 aliphatic carbocycles. The molecular weight excluding hydrogens is 224 g/mol. The van der Waals surface area contributed by atoms with E-state index in [1.807, 2.05) is 0 Å². The summed E-state index contributed by atoms with van der Waals surface area (Å²) < 4.78 is 32.8. The van der Waals surface area contributed by atoms with E-state index in [9.17, 15) is 8.78 Å². The number of rotatable bonds is 7. The highest BCUT2D eigenvalue weighted by molar-refractivity contribution is 4.91. The third kappa shape index (κ3) is 4.17. The van der Waals surface area contributed by atoms with Crippen molar-refractivity contribution in [1.29, 1.82) is 0 Å². The molecule has 0 radical (unpaired) electrons. The van der Waals surface area contributed by atoms with Crippen molar-refractivity contribution >= 4 is 0 Å². The summed E-state index contributed by atoms with van der Waals surface area (Å²) in [5.41, 5.74) is 5.43. The maximum Gasteiger partial charge on any atom is 0.261 e. The van der Waals surface area contributed by atoms with Gasteiger partial charge >= 0.3 is 0 Å². The molecule has 1 aromatic rings. The van der Waals surface area contributed by atoms with Crippen molar-refractivity contribution in [1.82, 2.24) is 10.1 Å². The molecule has 3 N–H and O–H groups in total. The zero-order valence-electron chi connectivity index (χ0n) is 8.47. The first kappa shape index (κ1) is 12.9. The van der Waals surface area contributed by atoms with E-state index in [1.54, 1.807) is 0 Å². The molecule has 0 saturated carbocycles. The van der Waals surface area contributed by atoms with Crippen molar-refractivity contribution in [2.45, 2.75) is 18.9 Å². The molecule has 92 valence electrons. The Balaban J connectivity index is 2.29. The Kier molecular flexibility index (Phi) is 5.23. The van der Waals surface area contributed by atoms with Gasteiger partial charge in [-0.25, -0.2) is 8.78 Å². The quantitative estimate of drug-likeness (QED) is 0.642. The van der Waals surface area contributed by atoms with E-state index in [4.69, 9.17) is 15.4 Å². The van der Waals surface area contributed by atoms with Crippen LogP contribution in [0.25, 0.3) is 0 Å². The summed E-state index contributed by atoms with van der Waals surface area (Å²) in [5.74, 6) is 0.430. The molecule has 1 unspecified atom stereocenters. The molecule has 16 heavy (non-hydrogen) atoms. The molecule has 1 aromatic heterocycles. The Bertz CT molecular complexity index is 308. The summed E-state index contributed by atoms with van der Waals surface area (Å²) in [6.45, 7) is -0.831. The third-order valence-electron chi connectivity index (χ3n) is 1.71. The van der Waals surface area contributed by atoms with Crippen LogP contribution in [-0.4, -0.2) is 41.5 Å². The minimum atomic E-state index is -2.48. The topological polar surface area (TPSA) is 94.4 Å². The Labute approximate surface area is 90.4 Å². The number of alkyl halides is 2. The predicted molar refractivity (Wildman–Crippen MR) is 48.8 cm³/mol. The Hall–Kier alpha value is -1.12. The molecule has 1 heterocycles. The maximum absolute atomic E-state index is 11.7. The van der Waals surface area contributed by atoms with Gasteiger partial charge in [0.2, 0.25) is 5.89 Å². The van der Waals surface area contributed by atoms with Crippen molar-refractivity contribution in [2.24, 2.45) is 5.73 Å². The zero-order valence-corrected chi connectivity index (χ0v) is 8.47. The molecule has 0 bridgehead atoms. The van der Waals surface area contributed by atoms with E-state index < -0.39 is 19.1 Å². The van der Waals surface area contributed by atoms with Crippen LogP contribution in [0, 0.1) is 0 Å². The van der Waals surface area contributed by atoms with Gasteiger partial charge in [0.25, 0.3) is 6.43 Å². The fourth-order valence-electron chi connectivity index (χ4n) is 0.934. The van der Waals surface area contributed by atoms with Gasteiger partial charge in [-0.3, -0.25) is 0 Å². The molecule has 0 saturated heterocycles. The summed E-state index contributed by atoms with van der Waals surface area (Å²) in [5, 5.41) is 12.3. The van der Waals surface area contributed by atoms with Crippen LogP contribution in [-0.2, 0) is 11.2 Å². The van der Waals surface area contributed by atoms with Crippen LogP contribution in [0.4, 0.5) is 8.78 Å². The number of aliphatic hydroxyl groups excluding tert-OH is 1. The maximum atomic E-state index is 11.7. The average Bonchev–Trinajstić information content (AvgIpc) is 2.71. The normalized spacial score (nSPS) is 13.3. The largest absolute Gasteiger partial charge is 0.394 e. The van der Waals surface area contributed by atoms with E-state index in [0.717, 1.165) is 0 Å². The lowest BCUT2D eigenvalue weighted by Gasteiger charge is -2.00. The highest BCUT2D eigenvalue weighted by atomic mass is 19.3. The molecular formula is C8H13F2N3O3. The smallest absolute Gasteiger partial charge is 0.261 e. The second-order valence-electron chi connectivity index (χ2n) is 3.05. The van der Waals surface area contributed by atoms with Crippen LogP contribution in [0.15, 0.2) is 4.52 Å². The number of aromatic nitrogens is 2. The molecule has 1 atom stereocenters. The molecule has 1 rings (SSSR count). The highest BCUT2D eigenvalue weighted by Gasteiger charge is 2.13. The first-order valence-electron chi connectivity index (χ1n) is 4.68. The van der Waals surface area contributed by atoms with Crippen molar-refractivity contribution < 1.29 is 23.1 Å². The first-order chi connectivity index (χ1) is 7.63. The molecule has 0 amide bonds. The van der Waals surface area contributed by atoms with Gasteiger partial charge in [0.05, 0.1) is 13.2 Å². The number of aliphatic hydroxyl groups is 1. The fraction of sp³-hybridized carbons (Fsp3) is 0.750. The minimum absolute atomic E-state index is 0.0810. The van der Waals surface area contributed by atoms with Crippen molar-refractivity contribution in [2.75, 3.05) is 19.8 Å². The fourth-order valence-corrected chi connectivity index (χ4v) is 0.934. The van der Waals surface area contributed by atoms with Crippen LogP contribution in [0.3, 0.4) is 0 Å². The Morgan fingerprint density at radius 2 is 2.25 bits per heavy atom. The highest BCUT2D eigenvalue weighted by Crippen LogP contribution is 2.06. The minimum Gasteiger partial charge on any atom is -0.394 e. The van der Waals surface area contributed by atoms with Gasteiger partial charge in [-0.05, 0) is 0 Å². The van der Waals surface area contributed by atoms with E-state index >= 15 is 0 Å². The lowest BCUT2D eigenvalue weighted by Crippen LogP contribution is -2.15. The Morgan fingerprint density at radius 1 is 1.50 bits per heavy atom. The number of nitrogens with zero attached hydrogens (tertiary/aromatic N) is 2. The van der Waals surface area contributed by atoms with Gasteiger partial charge in [-0.15, -0.1) is 0 Å². The SMILES string of the molecule is NC(CO)c1nc(CCOCC(F)F)no1. The van der Waals surface area contributed by atoms with Crippen molar-refractivity contribution in [3.05, 3.63) is 11.7 Å². The van der Waals surface area contributed by atoms with Crippen molar-refractivity contribution in [3.63, 3.8) is 0 Å². The lowest BCUT2D eigenvalue weighted by atomic mass is 10.3. The van der Waals surface area contributed by atoms with Crippen molar-refractivity contribution in [3.8, 4) is 0 Å². The molecule has 8 heteroatoms. The molecule has 0 aromatic carbocycles. The standard InChI is InChI=1S/C8H13F2N3O3/c9-6(10)4-15-2-1-7-12-8(16-13-7)5(11)3-14/h5-6,14H,1-4,11H2. The zero-order chi connectivity index (χ0) is 12.0. The number of nitrogens with two attached hydrogens (primary N) is 1. The van der Waals surface area contributed by atoms with E-state index in [-0.39, 0.29) is 25.5 Å². The number of hydrogen-bond donors (Lipinski definition) is 2. The van der Waals surface area contributed by atoms with Gasteiger partial charge in [-0.1, -0.05) is 5.16 Å². The second-order valence-corrected chi connectivity index (χ2v) is 3.05. The van der Waals surface area contributed by atoms with Crippen LogP contribution in [0.5, 0.6) is 0 Å². The summed E-state index contributed by atoms with van der Waals surface area (Å²) >= 11 is 0. The summed E-state index contributed by atoms with van der Waals surface area (Å²) in [7, 11) is 0. The summed E-state index contributed by atoms with van der Waals surface area (Å²) in [6.07, 6.45) is -2.22. The van der Waals surface area contributed by atoms with Gasteiger partial charge < -0.3 is 20.1 Å². The Morgan fingerprint density at radius 3 is 2.88 bits per heavy atom. The molecule has 0 fully saturated rings. The predicted octanol–water partition coefficient (Wildman–Crippen LogP) is -0.114. The van der Waals surface area contributed by atoms with Crippen LogP contribution >= 0.6 is 0 Å². The second kappa shape index (κ2) is 6.46. The molecule has 0 aliphatic rings. The van der Waals surface area contributed by atoms with E-state index in [0.29, 0.717) is 5.82 Å². The monoisotopic (exact) mass is 237 g/mol. The van der Waals surface area contributed by atoms with Gasteiger partial charge in [0, 0.05) is 6.42 Å². The van der Waals surface area contributed by atoms with Crippen LogP contribution < -0.4 is 5.73 Å². The number of halogens is 2.